The number of rotatable bonds is 8. The molecule has 1 rings (SSSR count). The van der Waals surface area contributed by atoms with Crippen LogP contribution in [0.1, 0.15) is 20.3 Å². The van der Waals surface area contributed by atoms with Crippen molar-refractivity contribution in [3.63, 3.8) is 0 Å². The molecule has 0 saturated heterocycles. The standard InChI is InChI=1S/C13H17FN2O5/c1-3-15-13(2,12(17)18)6-7-21-9-4-5-11(16(19)20)10(14)8-9/h4-5,8,15H,3,6-7H2,1-2H3,(H,17,18). The van der Waals surface area contributed by atoms with E-state index in [-0.39, 0.29) is 18.8 Å². The van der Waals surface area contributed by atoms with Crippen LogP contribution in [0.4, 0.5) is 10.1 Å². The number of carboxylic acids is 1. The number of hydrogen-bond donors (Lipinski definition) is 2. The molecule has 21 heavy (non-hydrogen) atoms. The molecule has 0 bridgehead atoms. The number of nitrogens with one attached hydrogen (secondary N) is 1. The number of nitro groups is 1. The summed E-state index contributed by atoms with van der Waals surface area (Å²) in [5.41, 5.74) is -1.78. The Hall–Kier alpha value is -2.22. The maximum Gasteiger partial charge on any atom is 0.323 e. The monoisotopic (exact) mass is 300 g/mol. The molecule has 1 atom stereocenters. The van der Waals surface area contributed by atoms with E-state index in [0.717, 1.165) is 12.1 Å². The van der Waals surface area contributed by atoms with Gasteiger partial charge in [-0.05, 0) is 19.5 Å². The van der Waals surface area contributed by atoms with Crippen LogP contribution in [-0.2, 0) is 4.79 Å². The van der Waals surface area contributed by atoms with Gasteiger partial charge in [0, 0.05) is 18.6 Å². The van der Waals surface area contributed by atoms with Crippen LogP contribution in [0.2, 0.25) is 0 Å². The maximum absolute atomic E-state index is 13.4. The van der Waals surface area contributed by atoms with Crippen molar-refractivity contribution in [3.8, 4) is 5.75 Å². The fourth-order valence-corrected chi connectivity index (χ4v) is 1.76. The molecule has 2 N–H and O–H groups in total. The maximum atomic E-state index is 13.4. The van der Waals surface area contributed by atoms with E-state index < -0.39 is 27.9 Å². The van der Waals surface area contributed by atoms with Crippen molar-refractivity contribution >= 4 is 11.7 Å². The average Bonchev–Trinajstić information content (AvgIpc) is 2.38. The van der Waals surface area contributed by atoms with Crippen molar-refractivity contribution in [2.45, 2.75) is 25.8 Å². The molecule has 0 radical (unpaired) electrons. The number of ether oxygens (including phenoxy) is 1. The van der Waals surface area contributed by atoms with E-state index in [9.17, 15) is 19.3 Å². The normalized spacial score (nSPS) is 13.5. The predicted molar refractivity (Wildman–Crippen MR) is 72.9 cm³/mol. The Balaban J connectivity index is 2.65. The molecule has 0 fully saturated rings. The van der Waals surface area contributed by atoms with Crippen molar-refractivity contribution in [1.82, 2.24) is 5.32 Å². The minimum Gasteiger partial charge on any atom is -0.493 e. The zero-order valence-corrected chi connectivity index (χ0v) is 11.8. The molecule has 7 nitrogen and oxygen atoms in total. The third-order valence-electron chi connectivity index (χ3n) is 3.03. The minimum atomic E-state index is -1.14. The summed E-state index contributed by atoms with van der Waals surface area (Å²) in [6.45, 7) is 3.83. The van der Waals surface area contributed by atoms with Crippen LogP contribution >= 0.6 is 0 Å². The van der Waals surface area contributed by atoms with Gasteiger partial charge in [-0.25, -0.2) is 0 Å². The van der Waals surface area contributed by atoms with Crippen molar-refractivity contribution in [2.24, 2.45) is 0 Å². The van der Waals surface area contributed by atoms with Gasteiger partial charge in [0.25, 0.3) is 0 Å². The van der Waals surface area contributed by atoms with E-state index in [4.69, 9.17) is 9.84 Å². The number of benzene rings is 1. The van der Waals surface area contributed by atoms with Gasteiger partial charge in [-0.1, -0.05) is 6.92 Å². The van der Waals surface area contributed by atoms with Crippen molar-refractivity contribution in [1.29, 1.82) is 0 Å². The predicted octanol–water partition coefficient (Wildman–Crippen LogP) is 1.96. The quantitative estimate of drug-likeness (QED) is 0.562. The third kappa shape index (κ3) is 4.38. The molecule has 8 heteroatoms. The number of carboxylic acid groups (broad SMARTS) is 1. The van der Waals surface area contributed by atoms with Crippen LogP contribution in [0, 0.1) is 15.9 Å². The highest BCUT2D eigenvalue weighted by Crippen LogP contribution is 2.23. The minimum absolute atomic E-state index is 0.0348. The van der Waals surface area contributed by atoms with Gasteiger partial charge in [0.15, 0.2) is 0 Å². The van der Waals surface area contributed by atoms with Gasteiger partial charge in [-0.15, -0.1) is 0 Å². The summed E-state index contributed by atoms with van der Waals surface area (Å²) in [4.78, 5) is 20.8. The number of nitrogens with zero attached hydrogens (tertiary/aromatic N) is 1. The summed E-state index contributed by atoms with van der Waals surface area (Å²) < 4.78 is 18.6. The van der Waals surface area contributed by atoms with E-state index in [0.29, 0.717) is 6.54 Å². The molecule has 0 amide bonds. The van der Waals surface area contributed by atoms with E-state index in [1.54, 1.807) is 6.92 Å². The Bertz CT molecular complexity index is 537. The van der Waals surface area contributed by atoms with Gasteiger partial charge in [0.05, 0.1) is 11.5 Å². The van der Waals surface area contributed by atoms with Gasteiger partial charge in [-0.2, -0.15) is 4.39 Å². The van der Waals surface area contributed by atoms with E-state index >= 15 is 0 Å². The van der Waals surface area contributed by atoms with Crippen LogP contribution in [0.5, 0.6) is 5.75 Å². The SMILES string of the molecule is CCNC(C)(CCOc1ccc([N+](=O)[O-])c(F)c1)C(=O)O. The molecular weight excluding hydrogens is 283 g/mol. The van der Waals surface area contributed by atoms with Gasteiger partial charge in [-0.3, -0.25) is 14.9 Å². The first-order chi connectivity index (χ1) is 9.80. The smallest absolute Gasteiger partial charge is 0.323 e. The van der Waals surface area contributed by atoms with Gasteiger partial charge < -0.3 is 15.2 Å². The molecule has 1 aromatic rings. The first-order valence-corrected chi connectivity index (χ1v) is 6.35. The largest absolute Gasteiger partial charge is 0.493 e. The van der Waals surface area contributed by atoms with Gasteiger partial charge >= 0.3 is 11.7 Å². The van der Waals surface area contributed by atoms with Gasteiger partial charge in [0.1, 0.15) is 11.3 Å². The molecule has 116 valence electrons. The third-order valence-corrected chi connectivity index (χ3v) is 3.03. The summed E-state index contributed by atoms with van der Waals surface area (Å²) in [6, 6.07) is 3.18. The fourth-order valence-electron chi connectivity index (χ4n) is 1.76. The average molecular weight is 300 g/mol. The highest BCUT2D eigenvalue weighted by Gasteiger charge is 2.31. The van der Waals surface area contributed by atoms with Crippen LogP contribution in [0.3, 0.4) is 0 Å². The Labute approximate surface area is 120 Å². The lowest BCUT2D eigenvalue weighted by molar-refractivity contribution is -0.387. The zero-order valence-electron chi connectivity index (χ0n) is 11.8. The van der Waals surface area contributed by atoms with Crippen LogP contribution < -0.4 is 10.1 Å². The molecule has 0 heterocycles. The van der Waals surface area contributed by atoms with Gasteiger partial charge in [0.2, 0.25) is 5.82 Å². The highest BCUT2D eigenvalue weighted by molar-refractivity contribution is 5.78. The molecule has 0 spiro atoms. The van der Waals surface area contributed by atoms with Crippen LogP contribution in [-0.4, -0.2) is 34.7 Å². The van der Waals surface area contributed by atoms with E-state index in [1.165, 1.54) is 13.0 Å². The molecular formula is C13H17FN2O5. The Morgan fingerprint density at radius 2 is 2.24 bits per heavy atom. The molecule has 1 unspecified atom stereocenters. The molecule has 0 aliphatic rings. The summed E-state index contributed by atoms with van der Waals surface area (Å²) >= 11 is 0. The van der Waals surface area contributed by atoms with Crippen molar-refractivity contribution < 1.29 is 24.0 Å². The van der Waals surface area contributed by atoms with E-state index in [2.05, 4.69) is 5.32 Å². The second-order valence-corrected chi connectivity index (χ2v) is 4.64. The van der Waals surface area contributed by atoms with Crippen LogP contribution in [0.15, 0.2) is 18.2 Å². The molecule has 0 aliphatic heterocycles. The fraction of sp³-hybridized carbons (Fsp3) is 0.462. The topological polar surface area (TPSA) is 102 Å². The first kappa shape index (κ1) is 16.8. The molecule has 1 aromatic carbocycles. The second kappa shape index (κ2) is 6.98. The molecule has 0 aromatic heterocycles. The highest BCUT2D eigenvalue weighted by atomic mass is 19.1. The second-order valence-electron chi connectivity index (χ2n) is 4.64. The van der Waals surface area contributed by atoms with E-state index in [1.807, 2.05) is 0 Å². The number of aliphatic carboxylic acids is 1. The summed E-state index contributed by atoms with van der Waals surface area (Å²) in [6.07, 6.45) is 0.161. The Kier molecular flexibility index (Phi) is 5.60. The number of nitro benzene ring substituents is 1. The number of likely N-dealkylation sites (N-methyl/N-ethyl adjacent to an activating group) is 1. The summed E-state index contributed by atoms with van der Waals surface area (Å²) in [5, 5.41) is 22.5. The summed E-state index contributed by atoms with van der Waals surface area (Å²) in [5.74, 6) is -1.89. The Morgan fingerprint density at radius 3 is 2.71 bits per heavy atom. The lowest BCUT2D eigenvalue weighted by Gasteiger charge is -2.25. The molecule has 0 saturated carbocycles. The Morgan fingerprint density at radius 1 is 1.57 bits per heavy atom. The van der Waals surface area contributed by atoms with Crippen molar-refractivity contribution in [3.05, 3.63) is 34.1 Å². The number of hydrogen-bond acceptors (Lipinski definition) is 5. The molecule has 0 aliphatic carbocycles. The zero-order chi connectivity index (χ0) is 16.0. The lowest BCUT2D eigenvalue weighted by Crippen LogP contribution is -2.50. The van der Waals surface area contributed by atoms with Crippen molar-refractivity contribution in [2.75, 3.05) is 13.2 Å². The number of halogens is 1. The summed E-state index contributed by atoms with van der Waals surface area (Å²) in [7, 11) is 0. The lowest BCUT2D eigenvalue weighted by atomic mass is 9.98. The first-order valence-electron chi connectivity index (χ1n) is 6.35. The number of carbonyl (C=O) groups is 1. The van der Waals surface area contributed by atoms with Crippen LogP contribution in [0.25, 0.3) is 0 Å².